The molecule has 1 heterocycles. The second-order valence-corrected chi connectivity index (χ2v) is 3.28. The maximum atomic E-state index is 5.66. The molecule has 0 aliphatic carbocycles. The Kier molecular flexibility index (Phi) is 1.75. The highest BCUT2D eigenvalue weighted by Gasteiger charge is 2.08. The fraction of sp³-hybridized carbons (Fsp3) is 0. The van der Waals surface area contributed by atoms with Crippen molar-refractivity contribution >= 4 is 34.5 Å². The van der Waals surface area contributed by atoms with Gasteiger partial charge in [0, 0.05) is 0 Å². The van der Waals surface area contributed by atoms with Gasteiger partial charge in [-0.1, -0.05) is 12.1 Å². The molecule has 0 fully saturated rings. The second-order valence-electron chi connectivity index (χ2n) is 2.07. The summed E-state index contributed by atoms with van der Waals surface area (Å²) in [6, 6.07) is 7.85. The number of fused-ring (bicyclic) bond motifs is 1. The van der Waals surface area contributed by atoms with Gasteiger partial charge >= 0.3 is 0 Å². The van der Waals surface area contributed by atoms with Crippen molar-refractivity contribution in [3.63, 3.8) is 0 Å². The highest BCUT2D eigenvalue weighted by Crippen LogP contribution is 2.30. The lowest BCUT2D eigenvalue weighted by molar-refractivity contribution is 1.31. The Hall–Kier alpha value is -0.670. The Morgan fingerprint density at radius 3 is 3.09 bits per heavy atom. The molecule has 1 aromatic rings. The summed E-state index contributed by atoms with van der Waals surface area (Å²) < 4.78 is 2.87. The molecule has 11 heavy (non-hydrogen) atoms. The molecule has 0 atom stereocenters. The highest BCUT2D eigenvalue weighted by molar-refractivity contribution is 7.98. The predicted octanol–water partition coefficient (Wildman–Crippen LogP) is 2.52. The van der Waals surface area contributed by atoms with Gasteiger partial charge in [-0.3, -0.25) is 0 Å². The van der Waals surface area contributed by atoms with Gasteiger partial charge in [0.25, 0.3) is 0 Å². The first kappa shape index (κ1) is 7.00. The topological polar surface area (TPSA) is 24.4 Å². The molecule has 0 aromatic heterocycles. The number of nitrogens with zero attached hydrogens (tertiary/aromatic N) is 1. The molecule has 0 unspecified atom stereocenters. The molecule has 0 spiro atoms. The van der Waals surface area contributed by atoms with E-state index in [4.69, 9.17) is 11.6 Å². The Labute approximate surface area is 73.8 Å². The molecule has 2 nitrogen and oxygen atoms in total. The molecule has 4 heteroatoms. The SMILES string of the molecule is ClC1=Nc2ccccc2SN1. The van der Waals surface area contributed by atoms with E-state index >= 15 is 0 Å². The molecule has 0 amide bonds. The standard InChI is InChI=1S/C7H5ClN2S/c8-7-9-5-3-1-2-4-6(5)11-10-7/h1-4H,(H,9,10). The molecule has 0 saturated heterocycles. The van der Waals surface area contributed by atoms with Gasteiger partial charge in [0.05, 0.1) is 10.6 Å². The monoisotopic (exact) mass is 184 g/mol. The minimum atomic E-state index is 0.439. The third kappa shape index (κ3) is 1.34. The number of amidine groups is 1. The van der Waals surface area contributed by atoms with Gasteiger partial charge in [-0.25, -0.2) is 4.99 Å². The van der Waals surface area contributed by atoms with Crippen molar-refractivity contribution in [1.29, 1.82) is 0 Å². The summed E-state index contributed by atoms with van der Waals surface area (Å²) in [5, 5.41) is 0.439. The number of nitrogens with one attached hydrogen (secondary N) is 1. The van der Waals surface area contributed by atoms with Crippen LogP contribution in [0.1, 0.15) is 0 Å². The molecular weight excluding hydrogens is 180 g/mol. The summed E-state index contributed by atoms with van der Waals surface area (Å²) in [5.74, 6) is 0. The van der Waals surface area contributed by atoms with E-state index in [1.165, 1.54) is 11.9 Å². The lowest BCUT2D eigenvalue weighted by atomic mass is 10.3. The van der Waals surface area contributed by atoms with Crippen LogP contribution in [0.3, 0.4) is 0 Å². The lowest BCUT2D eigenvalue weighted by Gasteiger charge is -2.11. The molecular formula is C7H5ClN2S. The number of halogens is 1. The van der Waals surface area contributed by atoms with E-state index in [0.29, 0.717) is 5.29 Å². The first-order chi connectivity index (χ1) is 5.36. The molecule has 1 aromatic carbocycles. The van der Waals surface area contributed by atoms with E-state index in [2.05, 4.69) is 9.71 Å². The molecule has 1 N–H and O–H groups in total. The maximum absolute atomic E-state index is 5.66. The maximum Gasteiger partial charge on any atom is 0.206 e. The first-order valence-electron chi connectivity index (χ1n) is 3.12. The van der Waals surface area contributed by atoms with Crippen LogP contribution >= 0.6 is 23.5 Å². The van der Waals surface area contributed by atoms with Gasteiger partial charge in [0.2, 0.25) is 5.29 Å². The van der Waals surface area contributed by atoms with Crippen LogP contribution in [-0.2, 0) is 0 Å². The van der Waals surface area contributed by atoms with Gasteiger partial charge in [0.1, 0.15) is 0 Å². The largest absolute Gasteiger partial charge is 0.300 e. The van der Waals surface area contributed by atoms with E-state index in [0.717, 1.165) is 10.6 Å². The van der Waals surface area contributed by atoms with Crippen molar-refractivity contribution in [2.24, 2.45) is 4.99 Å². The normalized spacial score (nSPS) is 14.8. The van der Waals surface area contributed by atoms with Crippen molar-refractivity contribution in [2.75, 3.05) is 0 Å². The zero-order valence-corrected chi connectivity index (χ0v) is 7.12. The van der Waals surface area contributed by atoms with Gasteiger partial charge in [-0.2, -0.15) is 0 Å². The van der Waals surface area contributed by atoms with Crippen LogP contribution in [0.15, 0.2) is 34.2 Å². The van der Waals surface area contributed by atoms with Crippen molar-refractivity contribution in [3.8, 4) is 0 Å². The van der Waals surface area contributed by atoms with Crippen LogP contribution < -0.4 is 4.72 Å². The number of benzene rings is 1. The minimum absolute atomic E-state index is 0.439. The van der Waals surface area contributed by atoms with Crippen LogP contribution in [-0.4, -0.2) is 5.29 Å². The minimum Gasteiger partial charge on any atom is -0.300 e. The second kappa shape index (κ2) is 2.75. The average Bonchev–Trinajstić information content (AvgIpc) is 2.04. The van der Waals surface area contributed by atoms with Crippen LogP contribution in [0.5, 0.6) is 0 Å². The van der Waals surface area contributed by atoms with Crippen molar-refractivity contribution in [2.45, 2.75) is 4.90 Å². The number of aliphatic imine (C=N–C) groups is 1. The van der Waals surface area contributed by atoms with Gasteiger partial charge in [-0.05, 0) is 35.7 Å². The Balaban J connectivity index is 2.51. The molecule has 0 saturated carbocycles. The third-order valence-electron chi connectivity index (χ3n) is 1.33. The number of para-hydroxylation sites is 1. The Morgan fingerprint density at radius 1 is 1.36 bits per heavy atom. The Morgan fingerprint density at radius 2 is 2.18 bits per heavy atom. The summed E-state index contributed by atoms with van der Waals surface area (Å²) in [4.78, 5) is 5.20. The fourth-order valence-electron chi connectivity index (χ4n) is 0.861. The zero-order chi connectivity index (χ0) is 7.68. The molecule has 1 aliphatic rings. The first-order valence-corrected chi connectivity index (χ1v) is 4.32. The van der Waals surface area contributed by atoms with E-state index in [1.807, 2.05) is 24.3 Å². The summed E-state index contributed by atoms with van der Waals surface area (Å²) in [5.41, 5.74) is 0.932. The van der Waals surface area contributed by atoms with Crippen LogP contribution in [0.2, 0.25) is 0 Å². The van der Waals surface area contributed by atoms with Crippen molar-refractivity contribution in [3.05, 3.63) is 24.3 Å². The van der Waals surface area contributed by atoms with Crippen molar-refractivity contribution in [1.82, 2.24) is 4.72 Å². The summed E-state index contributed by atoms with van der Waals surface area (Å²) in [6.07, 6.45) is 0. The predicted molar refractivity (Wildman–Crippen MR) is 48.4 cm³/mol. The molecule has 2 rings (SSSR count). The zero-order valence-electron chi connectivity index (χ0n) is 5.54. The van der Waals surface area contributed by atoms with Crippen LogP contribution in [0.4, 0.5) is 5.69 Å². The van der Waals surface area contributed by atoms with Gasteiger partial charge in [-0.15, -0.1) is 0 Å². The number of rotatable bonds is 0. The van der Waals surface area contributed by atoms with Gasteiger partial charge in [0.15, 0.2) is 0 Å². The van der Waals surface area contributed by atoms with E-state index in [-0.39, 0.29) is 0 Å². The van der Waals surface area contributed by atoms with Crippen LogP contribution in [0, 0.1) is 0 Å². The van der Waals surface area contributed by atoms with Crippen LogP contribution in [0.25, 0.3) is 0 Å². The quantitative estimate of drug-likeness (QED) is 0.495. The average molecular weight is 185 g/mol. The Bertz CT molecular complexity index is 311. The molecule has 0 bridgehead atoms. The van der Waals surface area contributed by atoms with Gasteiger partial charge < -0.3 is 4.72 Å². The third-order valence-corrected chi connectivity index (χ3v) is 2.48. The molecule has 0 radical (unpaired) electrons. The lowest BCUT2D eigenvalue weighted by Crippen LogP contribution is -2.11. The fourth-order valence-corrected chi connectivity index (χ4v) is 1.67. The van der Waals surface area contributed by atoms with Crippen molar-refractivity contribution < 1.29 is 0 Å². The van der Waals surface area contributed by atoms with E-state index < -0.39 is 0 Å². The number of hydrogen-bond acceptors (Lipinski definition) is 3. The van der Waals surface area contributed by atoms with E-state index in [1.54, 1.807) is 0 Å². The summed E-state index contributed by atoms with van der Waals surface area (Å²) in [7, 11) is 0. The smallest absolute Gasteiger partial charge is 0.206 e. The number of hydrogen-bond donors (Lipinski definition) is 1. The summed E-state index contributed by atoms with van der Waals surface area (Å²) >= 11 is 7.15. The summed E-state index contributed by atoms with van der Waals surface area (Å²) in [6.45, 7) is 0. The molecule has 56 valence electrons. The van der Waals surface area contributed by atoms with E-state index in [9.17, 15) is 0 Å². The molecule has 1 aliphatic heterocycles. The highest BCUT2D eigenvalue weighted by atomic mass is 35.5.